The van der Waals surface area contributed by atoms with Crippen molar-refractivity contribution in [3.8, 4) is 0 Å². The Kier molecular flexibility index (Phi) is 5.60. The van der Waals surface area contributed by atoms with Gasteiger partial charge in [-0.05, 0) is 57.5 Å². The maximum Gasteiger partial charge on any atom is 0.349 e. The highest BCUT2D eigenvalue weighted by Gasteiger charge is 2.24. The summed E-state index contributed by atoms with van der Waals surface area (Å²) in [6.07, 6.45) is -1.06. The molecule has 0 fully saturated rings. The van der Waals surface area contributed by atoms with E-state index >= 15 is 0 Å². The minimum Gasteiger partial charge on any atom is -0.448 e. The number of H-pyrrole nitrogens is 1. The third-order valence-corrected chi connectivity index (χ3v) is 5.48. The fourth-order valence-corrected chi connectivity index (χ4v) is 3.86. The van der Waals surface area contributed by atoms with E-state index < -0.39 is 18.0 Å². The molecule has 0 aliphatic rings. The zero-order valence-electron chi connectivity index (χ0n) is 16.3. The lowest BCUT2D eigenvalue weighted by Crippen LogP contribution is -2.30. The van der Waals surface area contributed by atoms with Crippen LogP contribution in [0.5, 0.6) is 0 Å². The van der Waals surface area contributed by atoms with Crippen LogP contribution >= 0.6 is 11.3 Å². The Balaban J connectivity index is 1.73. The Hall–Kier alpha value is -3.33. The van der Waals surface area contributed by atoms with E-state index in [-0.39, 0.29) is 16.2 Å². The molecule has 1 atom stereocenters. The molecule has 2 aromatic heterocycles. The van der Waals surface area contributed by atoms with Crippen LogP contribution in [0.1, 0.15) is 45.3 Å². The maximum atomic E-state index is 12.5. The zero-order chi connectivity index (χ0) is 21.3. The van der Waals surface area contributed by atoms with Crippen LogP contribution in [0.3, 0.4) is 0 Å². The van der Waals surface area contributed by atoms with Gasteiger partial charge in [-0.25, -0.2) is 9.78 Å². The monoisotopic (exact) mass is 413 g/mol. The number of amides is 1. The summed E-state index contributed by atoms with van der Waals surface area (Å²) < 4.78 is 5.28. The molecule has 0 spiro atoms. The summed E-state index contributed by atoms with van der Waals surface area (Å²) in [7, 11) is 0. The van der Waals surface area contributed by atoms with Crippen LogP contribution in [-0.2, 0) is 9.53 Å². The normalized spacial score (nSPS) is 11.9. The number of ketones is 1. The lowest BCUT2D eigenvalue weighted by Gasteiger charge is -2.13. The summed E-state index contributed by atoms with van der Waals surface area (Å²) in [4.78, 5) is 55.8. The van der Waals surface area contributed by atoms with Crippen LogP contribution in [0.2, 0.25) is 0 Å². The van der Waals surface area contributed by atoms with E-state index in [1.54, 1.807) is 38.1 Å². The van der Waals surface area contributed by atoms with Crippen LogP contribution in [0, 0.1) is 13.8 Å². The molecule has 1 amide bonds. The number of aromatic amines is 1. The first-order chi connectivity index (χ1) is 13.7. The molecular formula is C20H19N3O5S. The van der Waals surface area contributed by atoms with E-state index in [4.69, 9.17) is 4.74 Å². The molecule has 2 N–H and O–H groups in total. The van der Waals surface area contributed by atoms with Crippen molar-refractivity contribution in [2.24, 2.45) is 0 Å². The number of anilines is 1. The topological polar surface area (TPSA) is 118 Å². The average molecular weight is 413 g/mol. The Labute approximate surface area is 169 Å². The van der Waals surface area contributed by atoms with Gasteiger partial charge < -0.3 is 15.0 Å². The van der Waals surface area contributed by atoms with Gasteiger partial charge in [-0.15, -0.1) is 11.3 Å². The van der Waals surface area contributed by atoms with Crippen molar-refractivity contribution in [3.63, 3.8) is 0 Å². The highest BCUT2D eigenvalue weighted by molar-refractivity contribution is 7.20. The first-order valence-corrected chi connectivity index (χ1v) is 9.62. The van der Waals surface area contributed by atoms with Crippen molar-refractivity contribution < 1.29 is 19.1 Å². The summed E-state index contributed by atoms with van der Waals surface area (Å²) in [5, 5.41) is 2.97. The molecule has 3 rings (SSSR count). The Morgan fingerprint density at radius 2 is 1.83 bits per heavy atom. The highest BCUT2D eigenvalue weighted by Crippen LogP contribution is 2.28. The lowest BCUT2D eigenvalue weighted by atomic mass is 10.1. The largest absolute Gasteiger partial charge is 0.448 e. The first kappa shape index (κ1) is 20.4. The Bertz CT molecular complexity index is 1180. The molecule has 0 aliphatic carbocycles. The molecular weight excluding hydrogens is 394 g/mol. The van der Waals surface area contributed by atoms with Crippen molar-refractivity contribution in [3.05, 3.63) is 56.4 Å². The van der Waals surface area contributed by atoms with Crippen LogP contribution in [0.4, 0.5) is 5.69 Å². The molecule has 29 heavy (non-hydrogen) atoms. The summed E-state index contributed by atoms with van der Waals surface area (Å²) in [6, 6.07) is 6.39. The fraction of sp³-hybridized carbons (Fsp3) is 0.250. The minimum atomic E-state index is -1.06. The quantitative estimate of drug-likeness (QED) is 0.490. The van der Waals surface area contributed by atoms with Crippen LogP contribution in [0.15, 0.2) is 29.1 Å². The van der Waals surface area contributed by atoms with Gasteiger partial charge in [0, 0.05) is 11.3 Å². The van der Waals surface area contributed by atoms with Gasteiger partial charge in [-0.3, -0.25) is 14.4 Å². The second kappa shape index (κ2) is 7.96. The van der Waals surface area contributed by atoms with Crippen molar-refractivity contribution in [2.45, 2.75) is 33.8 Å². The number of nitrogens with zero attached hydrogens (tertiary/aromatic N) is 1. The van der Waals surface area contributed by atoms with Crippen molar-refractivity contribution in [1.29, 1.82) is 0 Å². The number of ether oxygens (including phenoxy) is 1. The number of carbonyl (C=O) groups excluding carboxylic acids is 3. The minimum absolute atomic E-state index is 0.0765. The van der Waals surface area contributed by atoms with Gasteiger partial charge in [0.25, 0.3) is 11.5 Å². The molecule has 150 valence electrons. The van der Waals surface area contributed by atoms with Gasteiger partial charge in [0.05, 0.1) is 5.39 Å². The fourth-order valence-electron chi connectivity index (χ4n) is 2.75. The molecule has 9 heteroatoms. The molecule has 0 radical (unpaired) electrons. The number of aryl methyl sites for hydroxylation is 2. The smallest absolute Gasteiger partial charge is 0.349 e. The number of benzene rings is 1. The number of hydrogen-bond donors (Lipinski definition) is 2. The van der Waals surface area contributed by atoms with Crippen LogP contribution in [0.25, 0.3) is 10.2 Å². The molecule has 0 aliphatic heterocycles. The summed E-state index contributed by atoms with van der Waals surface area (Å²) in [5.74, 6) is -0.837. The molecule has 0 saturated carbocycles. The van der Waals surface area contributed by atoms with Gasteiger partial charge >= 0.3 is 5.97 Å². The number of aromatic nitrogens is 2. The predicted molar refractivity (Wildman–Crippen MR) is 110 cm³/mol. The second-order valence-electron chi connectivity index (χ2n) is 6.56. The molecule has 2 heterocycles. The summed E-state index contributed by atoms with van der Waals surface area (Å²) in [6.45, 7) is 6.21. The SMILES string of the molecule is CC(=O)c1ccc(NC(=O)[C@@H](C)OC(=O)c2sc3nc(C)[nH]c(=O)c3c2C)cc1. The number of esters is 1. The van der Waals surface area contributed by atoms with Gasteiger partial charge in [0.1, 0.15) is 15.5 Å². The van der Waals surface area contributed by atoms with E-state index in [0.717, 1.165) is 11.3 Å². The number of thiophene rings is 1. The van der Waals surface area contributed by atoms with Crippen molar-refractivity contribution >= 4 is 44.9 Å². The van der Waals surface area contributed by atoms with Gasteiger partial charge in [0.2, 0.25) is 0 Å². The first-order valence-electron chi connectivity index (χ1n) is 8.80. The van der Waals surface area contributed by atoms with Gasteiger partial charge in [-0.2, -0.15) is 0 Å². The third kappa shape index (κ3) is 4.24. The number of rotatable bonds is 5. The van der Waals surface area contributed by atoms with Crippen molar-refractivity contribution in [1.82, 2.24) is 9.97 Å². The molecule has 0 saturated heterocycles. The lowest BCUT2D eigenvalue weighted by molar-refractivity contribution is -0.123. The zero-order valence-corrected chi connectivity index (χ0v) is 17.1. The number of nitrogens with one attached hydrogen (secondary N) is 2. The Morgan fingerprint density at radius 3 is 2.45 bits per heavy atom. The second-order valence-corrected chi connectivity index (χ2v) is 7.56. The van der Waals surface area contributed by atoms with Crippen molar-refractivity contribution in [2.75, 3.05) is 5.32 Å². The molecule has 8 nitrogen and oxygen atoms in total. The third-order valence-electron chi connectivity index (χ3n) is 4.32. The highest BCUT2D eigenvalue weighted by atomic mass is 32.1. The standard InChI is InChI=1S/C20H19N3O5S/c1-9-15-18(26)21-12(4)22-19(15)29-16(9)20(27)28-11(3)17(25)23-14-7-5-13(6-8-14)10(2)24/h5-8,11H,1-4H3,(H,23,25)(H,21,22,26)/t11-/m1/s1. The van der Waals surface area contributed by atoms with E-state index in [1.807, 2.05) is 0 Å². The molecule has 0 bridgehead atoms. The number of hydrogen-bond acceptors (Lipinski definition) is 7. The summed E-state index contributed by atoms with van der Waals surface area (Å²) >= 11 is 1.05. The molecule has 0 unspecified atom stereocenters. The number of Topliss-reactive ketones (excluding diaryl/α,β-unsaturated/α-hetero) is 1. The van der Waals surface area contributed by atoms with E-state index in [2.05, 4.69) is 15.3 Å². The average Bonchev–Trinajstić information content (AvgIpc) is 2.98. The summed E-state index contributed by atoms with van der Waals surface area (Å²) in [5.41, 5.74) is 1.16. The van der Waals surface area contributed by atoms with Crippen LogP contribution < -0.4 is 10.9 Å². The molecule has 3 aromatic rings. The van der Waals surface area contributed by atoms with Crippen LogP contribution in [-0.4, -0.2) is 33.7 Å². The number of carbonyl (C=O) groups is 3. The van der Waals surface area contributed by atoms with Gasteiger partial charge in [-0.1, -0.05) is 0 Å². The predicted octanol–water partition coefficient (Wildman–Crippen LogP) is 2.99. The van der Waals surface area contributed by atoms with E-state index in [9.17, 15) is 19.2 Å². The maximum absolute atomic E-state index is 12.5. The molecule has 1 aromatic carbocycles. The number of fused-ring (bicyclic) bond motifs is 1. The van der Waals surface area contributed by atoms with E-state index in [0.29, 0.717) is 32.9 Å². The van der Waals surface area contributed by atoms with E-state index in [1.165, 1.54) is 13.8 Å². The van der Waals surface area contributed by atoms with Gasteiger partial charge in [0.15, 0.2) is 11.9 Å². The Morgan fingerprint density at radius 1 is 1.17 bits per heavy atom.